The van der Waals surface area contributed by atoms with Gasteiger partial charge >= 0.3 is 0 Å². The van der Waals surface area contributed by atoms with E-state index in [0.717, 1.165) is 0 Å². The van der Waals surface area contributed by atoms with Gasteiger partial charge in [-0.05, 0) is 61.2 Å². The van der Waals surface area contributed by atoms with E-state index < -0.39 is 15.8 Å². The molecule has 0 fully saturated rings. The molecule has 2 heteroatoms. The van der Waals surface area contributed by atoms with Crippen molar-refractivity contribution >= 4 is 37.1 Å². The molecule has 0 N–H and O–H groups in total. The van der Waals surface area contributed by atoms with Crippen LogP contribution in [0.25, 0.3) is 0 Å². The first kappa shape index (κ1) is 23.9. The third-order valence-electron chi connectivity index (χ3n) is 6.20. The standard InChI is InChI=1S/C31H34P2/c1-3-24-31(2,25-32(27-16-8-4-9-17-27)28-18-10-5-11-19-28)26-33(29-20-12-6-13-21-29)30-22-14-7-15-23-30/h4-23H,3,24-26H2,1-2H3. The molecule has 0 amide bonds. The normalized spacial score (nSPS) is 11.8. The summed E-state index contributed by atoms with van der Waals surface area (Å²) >= 11 is 0. The van der Waals surface area contributed by atoms with Crippen LogP contribution in [-0.4, -0.2) is 12.3 Å². The van der Waals surface area contributed by atoms with Gasteiger partial charge in [-0.2, -0.15) is 0 Å². The van der Waals surface area contributed by atoms with Crippen LogP contribution < -0.4 is 21.2 Å². The Bertz CT molecular complexity index is 915. The molecule has 168 valence electrons. The molecule has 0 saturated carbocycles. The van der Waals surface area contributed by atoms with E-state index >= 15 is 0 Å². The van der Waals surface area contributed by atoms with Gasteiger partial charge in [-0.15, -0.1) is 0 Å². The van der Waals surface area contributed by atoms with Crippen LogP contribution in [0.15, 0.2) is 121 Å². The first-order valence-electron chi connectivity index (χ1n) is 11.9. The Morgan fingerprint density at radius 1 is 0.485 bits per heavy atom. The minimum absolute atomic E-state index is 0.267. The Morgan fingerprint density at radius 2 is 0.758 bits per heavy atom. The zero-order valence-corrected chi connectivity index (χ0v) is 21.6. The quantitative estimate of drug-likeness (QED) is 0.219. The van der Waals surface area contributed by atoms with Crippen molar-refractivity contribution in [3.8, 4) is 0 Å². The predicted molar refractivity (Wildman–Crippen MR) is 151 cm³/mol. The maximum Gasteiger partial charge on any atom is -0.0187 e. The third kappa shape index (κ3) is 6.41. The number of rotatable bonds is 10. The second-order valence-electron chi connectivity index (χ2n) is 9.08. The van der Waals surface area contributed by atoms with Gasteiger partial charge in [-0.1, -0.05) is 142 Å². The van der Waals surface area contributed by atoms with E-state index in [1.54, 1.807) is 0 Å². The van der Waals surface area contributed by atoms with Gasteiger partial charge in [0.2, 0.25) is 0 Å². The summed E-state index contributed by atoms with van der Waals surface area (Å²) in [5.74, 6) is 0. The largest absolute Gasteiger partial charge is 0.0654 e. The van der Waals surface area contributed by atoms with E-state index in [0.29, 0.717) is 0 Å². The third-order valence-corrected chi connectivity index (χ3v) is 12.0. The molecular formula is C31H34P2. The molecule has 33 heavy (non-hydrogen) atoms. The van der Waals surface area contributed by atoms with Gasteiger partial charge in [0.15, 0.2) is 0 Å². The summed E-state index contributed by atoms with van der Waals surface area (Å²) in [6.45, 7) is 4.90. The summed E-state index contributed by atoms with van der Waals surface area (Å²) in [6, 6.07) is 44.8. The van der Waals surface area contributed by atoms with Gasteiger partial charge in [0.1, 0.15) is 0 Å². The zero-order valence-electron chi connectivity index (χ0n) is 19.8. The van der Waals surface area contributed by atoms with E-state index in [2.05, 4.69) is 135 Å². The second-order valence-corrected chi connectivity index (χ2v) is 13.5. The molecule has 0 saturated heterocycles. The predicted octanol–water partition coefficient (Wildman–Crippen LogP) is 7.06. The molecule has 0 radical (unpaired) electrons. The fourth-order valence-electron chi connectivity index (χ4n) is 4.67. The topological polar surface area (TPSA) is 0 Å². The highest BCUT2D eigenvalue weighted by Crippen LogP contribution is 2.49. The van der Waals surface area contributed by atoms with Gasteiger partial charge in [-0.3, -0.25) is 0 Å². The molecule has 0 aliphatic heterocycles. The molecule has 4 rings (SSSR count). The van der Waals surface area contributed by atoms with E-state index in [4.69, 9.17) is 0 Å². The average molecular weight is 469 g/mol. The Balaban J connectivity index is 1.71. The van der Waals surface area contributed by atoms with E-state index in [1.165, 1.54) is 46.4 Å². The molecule has 0 aromatic heterocycles. The van der Waals surface area contributed by atoms with Crippen LogP contribution in [0.4, 0.5) is 0 Å². The summed E-state index contributed by atoms with van der Waals surface area (Å²) in [4.78, 5) is 0. The molecule has 4 aromatic carbocycles. The summed E-state index contributed by atoms with van der Waals surface area (Å²) in [6.07, 6.45) is 4.92. The highest BCUT2D eigenvalue weighted by atomic mass is 31.1. The van der Waals surface area contributed by atoms with E-state index in [-0.39, 0.29) is 5.41 Å². The van der Waals surface area contributed by atoms with E-state index in [1.807, 2.05) is 0 Å². The molecule has 0 unspecified atom stereocenters. The summed E-state index contributed by atoms with van der Waals surface area (Å²) in [7, 11) is -0.817. The van der Waals surface area contributed by atoms with Crippen LogP contribution in [0.3, 0.4) is 0 Å². The van der Waals surface area contributed by atoms with Crippen molar-refractivity contribution in [2.75, 3.05) is 12.3 Å². The Hall–Kier alpha value is -2.26. The second kappa shape index (κ2) is 11.7. The molecule has 0 bridgehead atoms. The number of hydrogen-bond acceptors (Lipinski definition) is 0. The Labute approximate surface area is 202 Å². The Kier molecular flexibility index (Phi) is 8.50. The van der Waals surface area contributed by atoms with Crippen molar-refractivity contribution in [3.05, 3.63) is 121 Å². The van der Waals surface area contributed by atoms with Crippen molar-refractivity contribution in [2.45, 2.75) is 26.7 Å². The minimum atomic E-state index is -0.408. The van der Waals surface area contributed by atoms with Crippen LogP contribution in [0.2, 0.25) is 0 Å². The first-order chi connectivity index (χ1) is 16.2. The van der Waals surface area contributed by atoms with Crippen LogP contribution in [0, 0.1) is 5.41 Å². The van der Waals surface area contributed by atoms with Crippen molar-refractivity contribution in [1.82, 2.24) is 0 Å². The first-order valence-corrected chi connectivity index (χ1v) is 15.0. The van der Waals surface area contributed by atoms with Crippen molar-refractivity contribution < 1.29 is 0 Å². The molecule has 0 aliphatic carbocycles. The molecule has 4 aromatic rings. The fourth-order valence-corrected chi connectivity index (χ4v) is 10.4. The molecule has 0 atom stereocenters. The SMILES string of the molecule is CCCC(C)(CP(c1ccccc1)c1ccccc1)CP(c1ccccc1)c1ccccc1. The number of hydrogen-bond donors (Lipinski definition) is 0. The van der Waals surface area contributed by atoms with Crippen LogP contribution in [0.1, 0.15) is 26.7 Å². The van der Waals surface area contributed by atoms with Gasteiger partial charge in [0.05, 0.1) is 0 Å². The summed E-state index contributed by atoms with van der Waals surface area (Å²) < 4.78 is 0. The molecular weight excluding hydrogens is 434 g/mol. The van der Waals surface area contributed by atoms with Gasteiger partial charge in [0, 0.05) is 0 Å². The molecule has 0 nitrogen and oxygen atoms in total. The van der Waals surface area contributed by atoms with Crippen molar-refractivity contribution in [1.29, 1.82) is 0 Å². The maximum atomic E-state index is 2.55. The van der Waals surface area contributed by atoms with Crippen molar-refractivity contribution in [3.63, 3.8) is 0 Å². The van der Waals surface area contributed by atoms with E-state index in [9.17, 15) is 0 Å². The monoisotopic (exact) mass is 468 g/mol. The van der Waals surface area contributed by atoms with Crippen LogP contribution >= 0.6 is 15.8 Å². The lowest BCUT2D eigenvalue weighted by Gasteiger charge is -2.37. The fraction of sp³-hybridized carbons (Fsp3) is 0.226. The minimum Gasteiger partial charge on any atom is -0.0654 e. The highest BCUT2D eigenvalue weighted by Gasteiger charge is 2.32. The zero-order chi connectivity index (χ0) is 22.9. The molecule has 0 aliphatic rings. The smallest absolute Gasteiger partial charge is 0.0187 e. The van der Waals surface area contributed by atoms with Crippen molar-refractivity contribution in [2.24, 2.45) is 5.41 Å². The van der Waals surface area contributed by atoms with Gasteiger partial charge < -0.3 is 0 Å². The van der Waals surface area contributed by atoms with Crippen LogP contribution in [0.5, 0.6) is 0 Å². The molecule has 0 spiro atoms. The van der Waals surface area contributed by atoms with Gasteiger partial charge in [-0.25, -0.2) is 0 Å². The lowest BCUT2D eigenvalue weighted by atomic mass is 9.90. The molecule has 0 heterocycles. The highest BCUT2D eigenvalue weighted by molar-refractivity contribution is 7.74. The summed E-state index contributed by atoms with van der Waals surface area (Å²) in [5, 5.41) is 5.96. The maximum absolute atomic E-state index is 2.55. The van der Waals surface area contributed by atoms with Crippen LogP contribution in [-0.2, 0) is 0 Å². The van der Waals surface area contributed by atoms with Gasteiger partial charge in [0.25, 0.3) is 0 Å². The average Bonchev–Trinajstić information content (AvgIpc) is 2.88. The number of benzene rings is 4. The Morgan fingerprint density at radius 3 is 1.00 bits per heavy atom. The summed E-state index contributed by atoms with van der Waals surface area (Å²) in [5.41, 5.74) is 0.267. The lowest BCUT2D eigenvalue weighted by Crippen LogP contribution is -2.32. The lowest BCUT2D eigenvalue weighted by molar-refractivity contribution is 0.388.